The second-order valence-electron chi connectivity index (χ2n) is 7.03. The zero-order valence-corrected chi connectivity index (χ0v) is 16.7. The van der Waals surface area contributed by atoms with Crippen LogP contribution in [0.2, 0.25) is 0 Å². The number of H-pyrrole nitrogens is 1. The molecule has 1 aliphatic rings. The molecule has 0 aliphatic heterocycles. The van der Waals surface area contributed by atoms with Crippen molar-refractivity contribution in [2.75, 3.05) is 7.11 Å². The summed E-state index contributed by atoms with van der Waals surface area (Å²) in [7, 11) is 1.64. The van der Waals surface area contributed by atoms with Crippen LogP contribution in [0, 0.1) is 6.92 Å². The smallest absolute Gasteiger partial charge is 0.185 e. The number of para-hydroxylation sites is 2. The van der Waals surface area contributed by atoms with Gasteiger partial charge < -0.3 is 15.6 Å². The number of ether oxygens (including phenoxy) is 1. The second-order valence-corrected chi connectivity index (χ2v) is 7.03. The van der Waals surface area contributed by atoms with Crippen LogP contribution in [0.4, 0.5) is 0 Å². The van der Waals surface area contributed by atoms with Crippen LogP contribution in [0.3, 0.4) is 0 Å². The third-order valence-electron chi connectivity index (χ3n) is 5.24. The maximum absolute atomic E-state index is 10.0. The van der Waals surface area contributed by atoms with Crippen LogP contribution >= 0.6 is 12.4 Å². The van der Waals surface area contributed by atoms with Gasteiger partial charge in [0, 0.05) is 17.7 Å². The molecule has 1 saturated carbocycles. The molecule has 0 spiro atoms. The van der Waals surface area contributed by atoms with Gasteiger partial charge in [-0.25, -0.2) is 9.67 Å². The Hall–Kier alpha value is -2.42. The first-order valence-corrected chi connectivity index (χ1v) is 9.12. The predicted octanol–water partition coefficient (Wildman–Crippen LogP) is 2.35. The molecule has 3 atom stereocenters. The third-order valence-corrected chi connectivity index (χ3v) is 5.24. The number of halogens is 1. The van der Waals surface area contributed by atoms with Crippen LogP contribution in [0.1, 0.15) is 36.7 Å². The van der Waals surface area contributed by atoms with Crippen molar-refractivity contribution in [2.45, 2.75) is 44.2 Å². The van der Waals surface area contributed by atoms with Gasteiger partial charge in [0.15, 0.2) is 5.82 Å². The highest BCUT2D eigenvalue weighted by Gasteiger charge is 2.32. The first kappa shape index (κ1) is 20.3. The van der Waals surface area contributed by atoms with Crippen molar-refractivity contribution >= 4 is 12.4 Å². The van der Waals surface area contributed by atoms with Crippen molar-refractivity contribution in [3.63, 3.8) is 0 Å². The molecule has 2 aromatic heterocycles. The zero-order valence-electron chi connectivity index (χ0n) is 15.9. The average Bonchev–Trinajstić information content (AvgIpc) is 3.30. The molecule has 8 nitrogen and oxygen atoms in total. The summed E-state index contributed by atoms with van der Waals surface area (Å²) in [5.41, 5.74) is 8.73. The summed E-state index contributed by atoms with van der Waals surface area (Å²) >= 11 is 0. The average molecular weight is 405 g/mol. The molecule has 0 saturated heterocycles. The van der Waals surface area contributed by atoms with Gasteiger partial charge >= 0.3 is 0 Å². The number of aromatic nitrogens is 5. The fourth-order valence-electron chi connectivity index (χ4n) is 3.68. The summed E-state index contributed by atoms with van der Waals surface area (Å²) in [6, 6.07) is 7.47. The molecule has 0 unspecified atom stereocenters. The molecule has 0 bridgehead atoms. The van der Waals surface area contributed by atoms with E-state index in [2.05, 4.69) is 10.2 Å². The van der Waals surface area contributed by atoms with E-state index < -0.39 is 6.10 Å². The fourth-order valence-corrected chi connectivity index (χ4v) is 3.68. The Morgan fingerprint density at radius 1 is 1.29 bits per heavy atom. The lowest BCUT2D eigenvalue weighted by atomic mass is 9.83. The van der Waals surface area contributed by atoms with Crippen LogP contribution < -0.4 is 10.5 Å². The van der Waals surface area contributed by atoms with E-state index in [1.54, 1.807) is 13.3 Å². The third kappa shape index (κ3) is 3.63. The van der Waals surface area contributed by atoms with Gasteiger partial charge in [0.25, 0.3) is 0 Å². The molecule has 0 amide bonds. The number of aromatic amines is 1. The molecule has 28 heavy (non-hydrogen) atoms. The van der Waals surface area contributed by atoms with Crippen LogP contribution in [0.5, 0.6) is 5.75 Å². The van der Waals surface area contributed by atoms with Crippen LogP contribution in [-0.2, 0) is 0 Å². The maximum Gasteiger partial charge on any atom is 0.185 e. The first-order chi connectivity index (χ1) is 13.1. The molecule has 1 aliphatic carbocycles. The Balaban J connectivity index is 0.00000225. The van der Waals surface area contributed by atoms with E-state index in [-0.39, 0.29) is 24.4 Å². The zero-order chi connectivity index (χ0) is 19.0. The van der Waals surface area contributed by atoms with E-state index in [0.717, 1.165) is 34.9 Å². The van der Waals surface area contributed by atoms with Crippen LogP contribution in [-0.4, -0.2) is 49.3 Å². The lowest BCUT2D eigenvalue weighted by molar-refractivity contribution is 0.0989. The molecule has 2 heterocycles. The van der Waals surface area contributed by atoms with Gasteiger partial charge in [0.2, 0.25) is 0 Å². The molecular formula is C19H25ClN6O2. The van der Waals surface area contributed by atoms with Gasteiger partial charge in [-0.15, -0.1) is 17.5 Å². The molecule has 4 rings (SSSR count). The summed E-state index contributed by atoms with van der Waals surface area (Å²) < 4.78 is 7.38. The number of hydrogen-bond acceptors (Lipinski definition) is 6. The van der Waals surface area contributed by atoms with Crippen molar-refractivity contribution in [2.24, 2.45) is 5.73 Å². The Morgan fingerprint density at radius 3 is 2.75 bits per heavy atom. The highest BCUT2D eigenvalue weighted by atomic mass is 35.5. The van der Waals surface area contributed by atoms with Crippen LogP contribution in [0.15, 0.2) is 30.5 Å². The topological polar surface area (TPSA) is 115 Å². The molecule has 0 radical (unpaired) electrons. The summed E-state index contributed by atoms with van der Waals surface area (Å²) in [4.78, 5) is 4.85. The lowest BCUT2D eigenvalue weighted by Gasteiger charge is -2.30. The Morgan fingerprint density at radius 2 is 2.07 bits per heavy atom. The van der Waals surface area contributed by atoms with Crippen molar-refractivity contribution in [1.82, 2.24) is 25.0 Å². The normalized spacial score (nSPS) is 21.9. The minimum Gasteiger partial charge on any atom is -0.494 e. The van der Waals surface area contributed by atoms with Gasteiger partial charge in [-0.2, -0.15) is 5.10 Å². The van der Waals surface area contributed by atoms with Crippen molar-refractivity contribution < 1.29 is 9.84 Å². The van der Waals surface area contributed by atoms with E-state index in [0.29, 0.717) is 18.7 Å². The molecular weight excluding hydrogens is 380 g/mol. The summed E-state index contributed by atoms with van der Waals surface area (Å²) in [5.74, 6) is 2.28. The number of aliphatic hydroxyl groups excluding tert-OH is 1. The van der Waals surface area contributed by atoms with E-state index in [1.165, 1.54) is 0 Å². The van der Waals surface area contributed by atoms with E-state index in [4.69, 9.17) is 20.6 Å². The van der Waals surface area contributed by atoms with E-state index in [1.807, 2.05) is 35.9 Å². The number of methoxy groups -OCH3 is 1. The van der Waals surface area contributed by atoms with Gasteiger partial charge in [0.05, 0.1) is 25.0 Å². The monoisotopic (exact) mass is 404 g/mol. The predicted molar refractivity (Wildman–Crippen MR) is 108 cm³/mol. The largest absolute Gasteiger partial charge is 0.494 e. The summed E-state index contributed by atoms with van der Waals surface area (Å²) in [5, 5.41) is 21.8. The number of aryl methyl sites for hydroxylation is 1. The lowest BCUT2D eigenvalue weighted by Crippen LogP contribution is -2.40. The van der Waals surface area contributed by atoms with E-state index >= 15 is 0 Å². The van der Waals surface area contributed by atoms with Gasteiger partial charge in [-0.05, 0) is 38.3 Å². The second kappa shape index (κ2) is 8.30. The van der Waals surface area contributed by atoms with Crippen molar-refractivity contribution in [1.29, 1.82) is 0 Å². The minimum atomic E-state index is -0.459. The SMILES string of the molecule is COc1ccccc1-n1nc(-c2cn[nH]c2C)nc1[C@H]1CC[C@@H](O)[C@H](N)C1.Cl. The Labute approximate surface area is 169 Å². The standard InChI is InChI=1S/C19H24N6O2.ClH/c1-11-13(10-21-23-11)18-22-19(12-7-8-16(26)14(20)9-12)25(24-18)15-5-3-4-6-17(15)27-2;/h3-6,10,12,14,16,26H,7-9,20H2,1-2H3,(H,21,23);1H/t12-,14+,16+;/m0./s1. The van der Waals surface area contributed by atoms with Gasteiger partial charge in [-0.3, -0.25) is 5.10 Å². The fraction of sp³-hybridized carbons (Fsp3) is 0.421. The Bertz CT molecular complexity index is 940. The van der Waals surface area contributed by atoms with E-state index in [9.17, 15) is 5.11 Å². The highest BCUT2D eigenvalue weighted by molar-refractivity contribution is 5.85. The number of nitrogens with zero attached hydrogens (tertiary/aromatic N) is 4. The van der Waals surface area contributed by atoms with Gasteiger partial charge in [0.1, 0.15) is 17.3 Å². The quantitative estimate of drug-likeness (QED) is 0.614. The number of nitrogens with two attached hydrogens (primary N) is 1. The number of nitrogens with one attached hydrogen (secondary N) is 1. The molecule has 9 heteroatoms. The number of aliphatic hydroxyl groups is 1. The molecule has 3 aromatic rings. The van der Waals surface area contributed by atoms with Crippen LogP contribution in [0.25, 0.3) is 17.1 Å². The van der Waals surface area contributed by atoms with Gasteiger partial charge in [-0.1, -0.05) is 12.1 Å². The Kier molecular flexibility index (Phi) is 6.02. The number of hydrogen-bond donors (Lipinski definition) is 3. The number of rotatable bonds is 4. The first-order valence-electron chi connectivity index (χ1n) is 9.12. The summed E-state index contributed by atoms with van der Waals surface area (Å²) in [6.07, 6.45) is 3.41. The molecule has 1 fully saturated rings. The highest BCUT2D eigenvalue weighted by Crippen LogP contribution is 2.35. The summed E-state index contributed by atoms with van der Waals surface area (Å²) in [6.45, 7) is 1.94. The van der Waals surface area contributed by atoms with Crippen molar-refractivity contribution in [3.05, 3.63) is 42.0 Å². The number of benzene rings is 1. The molecule has 150 valence electrons. The molecule has 1 aromatic carbocycles. The minimum absolute atomic E-state index is 0. The molecule has 4 N–H and O–H groups in total. The van der Waals surface area contributed by atoms with Crippen molar-refractivity contribution in [3.8, 4) is 22.8 Å². The maximum atomic E-state index is 10.0.